The molecule has 1 aliphatic heterocycles. The molecule has 2 amide bonds. The highest BCUT2D eigenvalue weighted by Gasteiger charge is 2.22. The Hall–Kier alpha value is -2.10. The molecule has 112 valence electrons. The van der Waals surface area contributed by atoms with Crippen LogP contribution in [-0.2, 0) is 16.0 Å². The molecule has 1 heterocycles. The predicted molar refractivity (Wildman–Crippen MR) is 82.7 cm³/mol. The number of benzene rings is 1. The maximum atomic E-state index is 12.0. The number of nitrogens with zero attached hydrogens (tertiary/aromatic N) is 1. The van der Waals surface area contributed by atoms with Gasteiger partial charge in [-0.3, -0.25) is 9.59 Å². The molecule has 0 bridgehead atoms. The molecule has 1 aromatic rings. The Morgan fingerprint density at radius 2 is 1.90 bits per heavy atom. The molecule has 4 nitrogen and oxygen atoms in total. The Bertz CT molecular complexity index is 491. The standard InChI is InChI=1S/C17H22N2O2/c1-2-16(20)18-13-17(21)19-10-8-15(9-11-19)12-14-6-4-3-5-7-14/h2-7,15H,1,8-13H2,(H,18,20). The topological polar surface area (TPSA) is 49.4 Å². The monoisotopic (exact) mass is 286 g/mol. The smallest absolute Gasteiger partial charge is 0.243 e. The van der Waals surface area contributed by atoms with Gasteiger partial charge in [-0.2, -0.15) is 0 Å². The van der Waals surface area contributed by atoms with E-state index in [1.807, 2.05) is 11.0 Å². The van der Waals surface area contributed by atoms with Crippen LogP contribution < -0.4 is 5.32 Å². The van der Waals surface area contributed by atoms with E-state index >= 15 is 0 Å². The van der Waals surface area contributed by atoms with Gasteiger partial charge in [-0.15, -0.1) is 0 Å². The van der Waals surface area contributed by atoms with E-state index < -0.39 is 0 Å². The summed E-state index contributed by atoms with van der Waals surface area (Å²) in [4.78, 5) is 24.9. The first-order valence-corrected chi connectivity index (χ1v) is 7.41. The lowest BCUT2D eigenvalue weighted by Crippen LogP contribution is -2.44. The van der Waals surface area contributed by atoms with Crippen molar-refractivity contribution in [3.05, 3.63) is 48.6 Å². The maximum absolute atomic E-state index is 12.0. The molecule has 1 N–H and O–H groups in total. The molecule has 1 aliphatic rings. The van der Waals surface area contributed by atoms with Crippen LogP contribution in [0.1, 0.15) is 18.4 Å². The second kappa shape index (κ2) is 7.62. The Morgan fingerprint density at radius 3 is 2.52 bits per heavy atom. The highest BCUT2D eigenvalue weighted by molar-refractivity contribution is 5.90. The van der Waals surface area contributed by atoms with Gasteiger partial charge in [-0.05, 0) is 36.8 Å². The van der Waals surface area contributed by atoms with Crippen molar-refractivity contribution >= 4 is 11.8 Å². The van der Waals surface area contributed by atoms with Crippen molar-refractivity contribution in [1.29, 1.82) is 0 Å². The summed E-state index contributed by atoms with van der Waals surface area (Å²) in [5, 5.41) is 2.53. The molecule has 1 saturated heterocycles. The van der Waals surface area contributed by atoms with Crippen molar-refractivity contribution in [1.82, 2.24) is 10.2 Å². The molecule has 0 saturated carbocycles. The van der Waals surface area contributed by atoms with Crippen LogP contribution in [0, 0.1) is 5.92 Å². The number of amides is 2. The summed E-state index contributed by atoms with van der Waals surface area (Å²) in [6.45, 7) is 4.98. The molecule has 0 unspecified atom stereocenters. The second-order valence-corrected chi connectivity index (χ2v) is 5.44. The number of piperidine rings is 1. The van der Waals surface area contributed by atoms with Gasteiger partial charge in [0.25, 0.3) is 0 Å². The SMILES string of the molecule is C=CC(=O)NCC(=O)N1CCC(Cc2ccccc2)CC1. The van der Waals surface area contributed by atoms with Gasteiger partial charge < -0.3 is 10.2 Å². The van der Waals surface area contributed by atoms with Crippen LogP contribution in [0.2, 0.25) is 0 Å². The van der Waals surface area contributed by atoms with Gasteiger partial charge in [0.15, 0.2) is 0 Å². The fraction of sp³-hybridized carbons (Fsp3) is 0.412. The molecule has 0 aromatic heterocycles. The fourth-order valence-electron chi connectivity index (χ4n) is 2.68. The highest BCUT2D eigenvalue weighted by Crippen LogP contribution is 2.21. The quantitative estimate of drug-likeness (QED) is 0.839. The van der Waals surface area contributed by atoms with Crippen molar-refractivity contribution in [2.75, 3.05) is 19.6 Å². The first-order valence-electron chi connectivity index (χ1n) is 7.41. The van der Waals surface area contributed by atoms with Crippen LogP contribution in [0.15, 0.2) is 43.0 Å². The summed E-state index contributed by atoms with van der Waals surface area (Å²) < 4.78 is 0. The number of likely N-dealkylation sites (tertiary alicyclic amines) is 1. The second-order valence-electron chi connectivity index (χ2n) is 5.44. The number of rotatable bonds is 5. The Morgan fingerprint density at radius 1 is 1.24 bits per heavy atom. The summed E-state index contributed by atoms with van der Waals surface area (Å²) in [7, 11) is 0. The number of nitrogens with one attached hydrogen (secondary N) is 1. The van der Waals surface area contributed by atoms with Crippen LogP contribution >= 0.6 is 0 Å². The van der Waals surface area contributed by atoms with E-state index in [4.69, 9.17) is 0 Å². The van der Waals surface area contributed by atoms with Crippen LogP contribution in [0.4, 0.5) is 0 Å². The van der Waals surface area contributed by atoms with E-state index in [9.17, 15) is 9.59 Å². The van der Waals surface area contributed by atoms with E-state index in [1.54, 1.807) is 0 Å². The normalized spacial score (nSPS) is 15.5. The fourth-order valence-corrected chi connectivity index (χ4v) is 2.68. The maximum Gasteiger partial charge on any atom is 0.243 e. The zero-order chi connectivity index (χ0) is 15.1. The Kier molecular flexibility index (Phi) is 5.55. The zero-order valence-electron chi connectivity index (χ0n) is 12.3. The van der Waals surface area contributed by atoms with Crippen molar-refractivity contribution in [3.8, 4) is 0 Å². The molecule has 0 spiro atoms. The third-order valence-corrected chi connectivity index (χ3v) is 3.93. The zero-order valence-corrected chi connectivity index (χ0v) is 12.3. The van der Waals surface area contributed by atoms with Crippen molar-refractivity contribution in [2.45, 2.75) is 19.3 Å². The van der Waals surface area contributed by atoms with Crippen LogP contribution in [0.25, 0.3) is 0 Å². The number of carbonyl (C=O) groups is 2. The van der Waals surface area contributed by atoms with Gasteiger partial charge >= 0.3 is 0 Å². The summed E-state index contributed by atoms with van der Waals surface area (Å²) >= 11 is 0. The van der Waals surface area contributed by atoms with E-state index in [1.165, 1.54) is 11.6 Å². The molecule has 0 radical (unpaired) electrons. The Balaban J connectivity index is 1.74. The number of carbonyl (C=O) groups excluding carboxylic acids is 2. The van der Waals surface area contributed by atoms with Crippen molar-refractivity contribution in [2.24, 2.45) is 5.92 Å². The van der Waals surface area contributed by atoms with E-state index in [-0.39, 0.29) is 18.4 Å². The molecule has 0 aliphatic carbocycles. The molecular weight excluding hydrogens is 264 g/mol. The van der Waals surface area contributed by atoms with E-state index in [0.29, 0.717) is 5.92 Å². The van der Waals surface area contributed by atoms with Gasteiger partial charge in [-0.1, -0.05) is 36.9 Å². The van der Waals surface area contributed by atoms with E-state index in [0.717, 1.165) is 32.4 Å². The van der Waals surface area contributed by atoms with Crippen LogP contribution in [0.5, 0.6) is 0 Å². The van der Waals surface area contributed by atoms with Gasteiger partial charge in [0.2, 0.25) is 11.8 Å². The molecule has 4 heteroatoms. The number of hydrogen-bond acceptors (Lipinski definition) is 2. The molecule has 0 atom stereocenters. The average Bonchev–Trinajstić information content (AvgIpc) is 2.54. The van der Waals surface area contributed by atoms with Gasteiger partial charge in [0, 0.05) is 13.1 Å². The third-order valence-electron chi connectivity index (χ3n) is 3.93. The van der Waals surface area contributed by atoms with Gasteiger partial charge in [0.05, 0.1) is 6.54 Å². The minimum atomic E-state index is -0.303. The van der Waals surface area contributed by atoms with Crippen molar-refractivity contribution < 1.29 is 9.59 Å². The lowest BCUT2D eigenvalue weighted by molar-refractivity contribution is -0.133. The predicted octanol–water partition coefficient (Wildman–Crippen LogP) is 1.77. The van der Waals surface area contributed by atoms with Gasteiger partial charge in [0.1, 0.15) is 0 Å². The van der Waals surface area contributed by atoms with Crippen LogP contribution in [0.3, 0.4) is 0 Å². The van der Waals surface area contributed by atoms with Crippen LogP contribution in [-0.4, -0.2) is 36.3 Å². The summed E-state index contributed by atoms with van der Waals surface area (Å²) in [5.74, 6) is 0.324. The molecular formula is C17H22N2O2. The minimum Gasteiger partial charge on any atom is -0.343 e. The first kappa shape index (κ1) is 15.3. The average molecular weight is 286 g/mol. The minimum absolute atomic E-state index is 0.0108. The molecule has 1 aromatic carbocycles. The van der Waals surface area contributed by atoms with E-state index in [2.05, 4.69) is 36.2 Å². The lowest BCUT2D eigenvalue weighted by atomic mass is 9.90. The lowest BCUT2D eigenvalue weighted by Gasteiger charge is -2.32. The third kappa shape index (κ3) is 4.74. The largest absolute Gasteiger partial charge is 0.343 e. The highest BCUT2D eigenvalue weighted by atomic mass is 16.2. The summed E-state index contributed by atoms with van der Waals surface area (Å²) in [6.07, 6.45) is 4.31. The first-order chi connectivity index (χ1) is 10.2. The summed E-state index contributed by atoms with van der Waals surface area (Å²) in [5.41, 5.74) is 1.36. The number of hydrogen-bond donors (Lipinski definition) is 1. The molecule has 2 rings (SSSR count). The van der Waals surface area contributed by atoms with Gasteiger partial charge in [-0.25, -0.2) is 0 Å². The van der Waals surface area contributed by atoms with Crippen molar-refractivity contribution in [3.63, 3.8) is 0 Å². The Labute approximate surface area is 125 Å². The summed E-state index contributed by atoms with van der Waals surface area (Å²) in [6, 6.07) is 10.5. The molecule has 21 heavy (non-hydrogen) atoms. The molecule has 1 fully saturated rings.